The van der Waals surface area contributed by atoms with E-state index in [1.54, 1.807) is 7.11 Å². The second-order valence-corrected chi connectivity index (χ2v) is 5.29. The zero-order chi connectivity index (χ0) is 12.7. The van der Waals surface area contributed by atoms with Crippen LogP contribution in [0, 0.1) is 0 Å². The van der Waals surface area contributed by atoms with E-state index in [1.165, 1.54) is 19.4 Å². The molecule has 1 saturated heterocycles. The number of piperidine rings is 1. The summed E-state index contributed by atoms with van der Waals surface area (Å²) >= 11 is 0. The van der Waals surface area contributed by atoms with Crippen LogP contribution in [-0.4, -0.2) is 61.5 Å². The zero-order valence-electron chi connectivity index (χ0n) is 11.5. The van der Waals surface area contributed by atoms with Gasteiger partial charge in [-0.2, -0.15) is 0 Å². The maximum atomic E-state index is 9.30. The summed E-state index contributed by atoms with van der Waals surface area (Å²) in [6, 6.07) is 0.651. The third-order valence-electron chi connectivity index (χ3n) is 3.38. The molecule has 2 unspecified atom stereocenters. The number of nitrogens with one attached hydrogen (secondary N) is 1. The number of methoxy groups -OCH3 is 1. The first kappa shape index (κ1) is 14.9. The lowest BCUT2D eigenvalue weighted by atomic mass is 10.1. The molecule has 1 rings (SSSR count). The van der Waals surface area contributed by atoms with Crippen molar-refractivity contribution in [1.82, 2.24) is 10.2 Å². The van der Waals surface area contributed by atoms with Crippen molar-refractivity contribution in [3.05, 3.63) is 0 Å². The van der Waals surface area contributed by atoms with Crippen molar-refractivity contribution >= 4 is 0 Å². The standard InChI is InChI=1S/C13H28N2O2/c1-11(2)14-12(10-16)6-8-15-7-4-5-13(9-15)17-3/h11-14,16H,4-10H2,1-3H3. The third-order valence-corrected chi connectivity index (χ3v) is 3.38. The molecule has 0 bridgehead atoms. The van der Waals surface area contributed by atoms with E-state index in [0.29, 0.717) is 12.1 Å². The molecule has 0 saturated carbocycles. The summed E-state index contributed by atoms with van der Waals surface area (Å²) in [5.41, 5.74) is 0. The molecule has 0 aromatic rings. The molecule has 17 heavy (non-hydrogen) atoms. The van der Waals surface area contributed by atoms with Crippen LogP contribution >= 0.6 is 0 Å². The highest BCUT2D eigenvalue weighted by molar-refractivity contribution is 4.76. The molecule has 0 aliphatic carbocycles. The van der Waals surface area contributed by atoms with Crippen molar-refractivity contribution in [1.29, 1.82) is 0 Å². The van der Waals surface area contributed by atoms with Crippen LogP contribution in [0.15, 0.2) is 0 Å². The van der Waals surface area contributed by atoms with Crippen LogP contribution in [0.25, 0.3) is 0 Å². The van der Waals surface area contributed by atoms with Gasteiger partial charge in [0.25, 0.3) is 0 Å². The maximum Gasteiger partial charge on any atom is 0.0698 e. The summed E-state index contributed by atoms with van der Waals surface area (Å²) in [4.78, 5) is 2.45. The number of rotatable bonds is 7. The topological polar surface area (TPSA) is 44.7 Å². The fourth-order valence-electron chi connectivity index (χ4n) is 2.45. The van der Waals surface area contributed by atoms with E-state index in [1.807, 2.05) is 0 Å². The van der Waals surface area contributed by atoms with Gasteiger partial charge in [0.2, 0.25) is 0 Å². The molecule has 0 aromatic heterocycles. The summed E-state index contributed by atoms with van der Waals surface area (Å²) in [6.07, 6.45) is 3.81. The van der Waals surface area contributed by atoms with Gasteiger partial charge < -0.3 is 20.1 Å². The minimum absolute atomic E-state index is 0.220. The minimum Gasteiger partial charge on any atom is -0.395 e. The monoisotopic (exact) mass is 244 g/mol. The molecule has 4 nitrogen and oxygen atoms in total. The normalized spacial score (nSPS) is 24.2. The quantitative estimate of drug-likeness (QED) is 0.697. The Balaban J connectivity index is 2.23. The number of aliphatic hydroxyl groups is 1. The number of hydrogen-bond acceptors (Lipinski definition) is 4. The van der Waals surface area contributed by atoms with Crippen molar-refractivity contribution in [2.24, 2.45) is 0 Å². The highest BCUT2D eigenvalue weighted by atomic mass is 16.5. The molecular formula is C13H28N2O2. The molecule has 4 heteroatoms. The molecule has 0 amide bonds. The number of ether oxygens (including phenoxy) is 1. The van der Waals surface area contributed by atoms with Crippen LogP contribution in [0.3, 0.4) is 0 Å². The van der Waals surface area contributed by atoms with E-state index in [9.17, 15) is 5.11 Å². The molecule has 1 heterocycles. The summed E-state index contributed by atoms with van der Waals surface area (Å²) in [6.45, 7) is 7.70. The Labute approximate surface area is 105 Å². The number of likely N-dealkylation sites (tertiary alicyclic amines) is 1. The van der Waals surface area contributed by atoms with Crippen LogP contribution in [0.5, 0.6) is 0 Å². The Morgan fingerprint density at radius 3 is 2.82 bits per heavy atom. The summed E-state index contributed by atoms with van der Waals surface area (Å²) < 4.78 is 5.41. The molecule has 102 valence electrons. The largest absolute Gasteiger partial charge is 0.395 e. The zero-order valence-corrected chi connectivity index (χ0v) is 11.5. The Hall–Kier alpha value is -0.160. The lowest BCUT2D eigenvalue weighted by Crippen LogP contribution is -2.44. The van der Waals surface area contributed by atoms with E-state index in [0.717, 1.165) is 19.5 Å². The fourth-order valence-corrected chi connectivity index (χ4v) is 2.45. The molecule has 0 spiro atoms. The molecule has 0 radical (unpaired) electrons. The second-order valence-electron chi connectivity index (χ2n) is 5.29. The van der Waals surface area contributed by atoms with Crippen molar-refractivity contribution in [2.75, 3.05) is 33.4 Å². The summed E-state index contributed by atoms with van der Waals surface area (Å²) in [5, 5.41) is 12.7. The Kier molecular flexibility index (Phi) is 7.04. The molecule has 1 fully saturated rings. The smallest absolute Gasteiger partial charge is 0.0698 e. The van der Waals surface area contributed by atoms with Crippen LogP contribution < -0.4 is 5.32 Å². The third kappa shape index (κ3) is 5.82. The minimum atomic E-state index is 0.220. The molecule has 1 aliphatic heterocycles. The van der Waals surface area contributed by atoms with Crippen LogP contribution in [0.4, 0.5) is 0 Å². The van der Waals surface area contributed by atoms with Gasteiger partial charge >= 0.3 is 0 Å². The van der Waals surface area contributed by atoms with E-state index in [2.05, 4.69) is 24.1 Å². The Morgan fingerprint density at radius 2 is 2.24 bits per heavy atom. The molecule has 1 aliphatic rings. The molecular weight excluding hydrogens is 216 g/mol. The Bertz CT molecular complexity index is 200. The first-order valence-corrected chi connectivity index (χ1v) is 6.77. The second kappa shape index (κ2) is 8.03. The molecule has 2 N–H and O–H groups in total. The highest BCUT2D eigenvalue weighted by Gasteiger charge is 2.20. The van der Waals surface area contributed by atoms with E-state index in [-0.39, 0.29) is 12.6 Å². The lowest BCUT2D eigenvalue weighted by Gasteiger charge is -2.33. The van der Waals surface area contributed by atoms with Crippen LogP contribution in [0.2, 0.25) is 0 Å². The van der Waals surface area contributed by atoms with Gasteiger partial charge in [0.05, 0.1) is 12.7 Å². The van der Waals surface area contributed by atoms with E-state index >= 15 is 0 Å². The highest BCUT2D eigenvalue weighted by Crippen LogP contribution is 2.13. The fraction of sp³-hybridized carbons (Fsp3) is 1.00. The molecule has 0 aromatic carbocycles. The van der Waals surface area contributed by atoms with Crippen molar-refractivity contribution in [3.8, 4) is 0 Å². The van der Waals surface area contributed by atoms with Gasteiger partial charge in [-0.1, -0.05) is 13.8 Å². The maximum absolute atomic E-state index is 9.30. The average molecular weight is 244 g/mol. The SMILES string of the molecule is COC1CCCN(CCC(CO)NC(C)C)C1. The molecule has 2 atom stereocenters. The first-order chi connectivity index (χ1) is 8.15. The van der Waals surface area contributed by atoms with Crippen LogP contribution in [-0.2, 0) is 4.74 Å². The van der Waals surface area contributed by atoms with Crippen molar-refractivity contribution in [3.63, 3.8) is 0 Å². The predicted octanol–water partition coefficient (Wildman–Crippen LogP) is 0.846. The van der Waals surface area contributed by atoms with Gasteiger partial charge in [-0.15, -0.1) is 0 Å². The number of nitrogens with zero attached hydrogens (tertiary/aromatic N) is 1. The predicted molar refractivity (Wildman–Crippen MR) is 70.2 cm³/mol. The Morgan fingerprint density at radius 1 is 1.47 bits per heavy atom. The summed E-state index contributed by atoms with van der Waals surface area (Å²) in [5.74, 6) is 0. The lowest BCUT2D eigenvalue weighted by molar-refractivity contribution is 0.0293. The van der Waals surface area contributed by atoms with E-state index in [4.69, 9.17) is 4.74 Å². The van der Waals surface area contributed by atoms with Gasteiger partial charge in [0, 0.05) is 25.7 Å². The van der Waals surface area contributed by atoms with Gasteiger partial charge in [-0.25, -0.2) is 0 Å². The average Bonchev–Trinajstić information content (AvgIpc) is 2.34. The van der Waals surface area contributed by atoms with Gasteiger partial charge in [-0.3, -0.25) is 0 Å². The van der Waals surface area contributed by atoms with E-state index < -0.39 is 0 Å². The van der Waals surface area contributed by atoms with Crippen molar-refractivity contribution in [2.45, 2.75) is 51.3 Å². The van der Waals surface area contributed by atoms with Gasteiger partial charge in [-0.05, 0) is 32.4 Å². The van der Waals surface area contributed by atoms with Gasteiger partial charge in [0.1, 0.15) is 0 Å². The van der Waals surface area contributed by atoms with Gasteiger partial charge in [0.15, 0.2) is 0 Å². The summed E-state index contributed by atoms with van der Waals surface area (Å²) in [7, 11) is 1.80. The van der Waals surface area contributed by atoms with Crippen LogP contribution in [0.1, 0.15) is 33.1 Å². The number of hydrogen-bond donors (Lipinski definition) is 2. The van der Waals surface area contributed by atoms with Crippen molar-refractivity contribution < 1.29 is 9.84 Å². The number of aliphatic hydroxyl groups excluding tert-OH is 1. The first-order valence-electron chi connectivity index (χ1n) is 6.77.